The van der Waals surface area contributed by atoms with Gasteiger partial charge in [-0.05, 0) is 13.0 Å². The van der Waals surface area contributed by atoms with Crippen LogP contribution in [0.5, 0.6) is 0 Å². The molecule has 1 atom stereocenters. The smallest absolute Gasteiger partial charge is 0.237 e. The number of nitrogens with two attached hydrogens (primary N) is 1. The molecule has 0 amide bonds. The summed E-state index contributed by atoms with van der Waals surface area (Å²) in [4.78, 5) is 0. The first kappa shape index (κ1) is 14.3. The van der Waals surface area contributed by atoms with Gasteiger partial charge in [0, 0.05) is 5.56 Å². The molecule has 20 heavy (non-hydrogen) atoms. The Labute approximate surface area is 122 Å². The van der Waals surface area contributed by atoms with Gasteiger partial charge >= 0.3 is 0 Å². The Balaban J connectivity index is 2.29. The third-order valence-electron chi connectivity index (χ3n) is 3.02. The summed E-state index contributed by atoms with van der Waals surface area (Å²) in [6.07, 6.45) is 1.66. The molecule has 0 radical (unpaired) electrons. The Morgan fingerprint density at radius 1 is 1.35 bits per heavy atom. The summed E-state index contributed by atoms with van der Waals surface area (Å²) >= 11 is 6.05. The summed E-state index contributed by atoms with van der Waals surface area (Å²) in [5.74, 6) is 0.970. The number of hydrogen-bond donors (Lipinski definition) is 2. The summed E-state index contributed by atoms with van der Waals surface area (Å²) < 4.78 is 10.3. The lowest BCUT2D eigenvalue weighted by Gasteiger charge is -2.31. The topological polar surface area (TPSA) is 72.1 Å². The second-order valence-electron chi connectivity index (χ2n) is 4.23. The van der Waals surface area contributed by atoms with Gasteiger partial charge in [0.2, 0.25) is 11.8 Å². The van der Waals surface area contributed by atoms with Gasteiger partial charge in [-0.3, -0.25) is 5.43 Å². The molecule has 1 heterocycles. The van der Waals surface area contributed by atoms with Crippen LogP contribution < -0.4 is 11.2 Å². The van der Waals surface area contributed by atoms with Crippen molar-refractivity contribution in [2.75, 3.05) is 20.0 Å². The van der Waals surface area contributed by atoms with Crippen molar-refractivity contribution >= 4 is 23.2 Å². The molecule has 1 aliphatic rings. The molecular formula is C13H17ClN4O2. The zero-order chi connectivity index (χ0) is 14.7. The molecule has 6 nitrogen and oxygen atoms in total. The standard InChI is InChI=1S/C13H17ClN4O2/c1-8(9-5-4-6-10(14)13(9)15)18-16-11(19-2)7-12(17-18)20-3/h4-8,16H,15H2,1-3H3. The summed E-state index contributed by atoms with van der Waals surface area (Å²) in [6, 6.07) is 5.35. The van der Waals surface area contributed by atoms with Gasteiger partial charge in [-0.1, -0.05) is 23.7 Å². The number of benzene rings is 1. The molecule has 0 bridgehead atoms. The zero-order valence-electron chi connectivity index (χ0n) is 11.6. The van der Waals surface area contributed by atoms with Crippen LogP contribution in [-0.2, 0) is 9.47 Å². The number of nitrogen functional groups attached to an aromatic ring is 1. The van der Waals surface area contributed by atoms with Crippen molar-refractivity contribution in [1.82, 2.24) is 10.5 Å². The number of nitrogens with zero attached hydrogens (tertiary/aromatic N) is 2. The van der Waals surface area contributed by atoms with Crippen molar-refractivity contribution < 1.29 is 9.47 Å². The molecule has 0 fully saturated rings. The van der Waals surface area contributed by atoms with Crippen LogP contribution in [0.15, 0.2) is 35.3 Å². The number of rotatable bonds is 3. The average molecular weight is 297 g/mol. The van der Waals surface area contributed by atoms with Gasteiger partial charge in [0.05, 0.1) is 37.0 Å². The highest BCUT2D eigenvalue weighted by Gasteiger charge is 2.22. The van der Waals surface area contributed by atoms with E-state index >= 15 is 0 Å². The molecule has 0 spiro atoms. The number of hydrogen-bond acceptors (Lipinski definition) is 6. The number of halogens is 1. The lowest BCUT2D eigenvalue weighted by molar-refractivity contribution is 0.0975. The minimum absolute atomic E-state index is 0.155. The van der Waals surface area contributed by atoms with Gasteiger partial charge in [-0.25, -0.2) is 0 Å². The van der Waals surface area contributed by atoms with Gasteiger partial charge in [0.1, 0.15) is 0 Å². The van der Waals surface area contributed by atoms with Gasteiger partial charge in [-0.15, -0.1) is 5.10 Å². The third-order valence-corrected chi connectivity index (χ3v) is 3.35. The van der Waals surface area contributed by atoms with Gasteiger partial charge < -0.3 is 15.2 Å². The van der Waals surface area contributed by atoms with Crippen molar-refractivity contribution in [1.29, 1.82) is 0 Å². The van der Waals surface area contributed by atoms with E-state index in [1.807, 2.05) is 19.1 Å². The van der Waals surface area contributed by atoms with Crippen LogP contribution in [0.4, 0.5) is 5.69 Å². The molecule has 1 aromatic carbocycles. The predicted octanol–water partition coefficient (Wildman–Crippen LogP) is 2.25. The van der Waals surface area contributed by atoms with Crippen molar-refractivity contribution in [3.8, 4) is 0 Å². The maximum absolute atomic E-state index is 6.05. The van der Waals surface area contributed by atoms with E-state index < -0.39 is 0 Å². The number of para-hydroxylation sites is 1. The van der Waals surface area contributed by atoms with Crippen molar-refractivity contribution in [2.45, 2.75) is 13.0 Å². The Morgan fingerprint density at radius 3 is 2.75 bits per heavy atom. The van der Waals surface area contributed by atoms with Crippen LogP contribution in [-0.4, -0.2) is 25.2 Å². The number of hydrazine groups is 1. The molecular weight excluding hydrogens is 280 g/mol. The first-order valence-corrected chi connectivity index (χ1v) is 6.42. The molecule has 2 rings (SSSR count). The molecule has 108 valence electrons. The molecule has 1 aromatic rings. The number of methoxy groups -OCH3 is 2. The van der Waals surface area contributed by atoms with E-state index in [0.717, 1.165) is 5.56 Å². The molecule has 0 saturated heterocycles. The zero-order valence-corrected chi connectivity index (χ0v) is 12.3. The predicted molar refractivity (Wildman–Crippen MR) is 78.8 cm³/mol. The van der Waals surface area contributed by atoms with Crippen molar-refractivity contribution in [2.24, 2.45) is 5.10 Å². The molecule has 7 heteroatoms. The normalized spacial score (nSPS) is 15.9. The van der Waals surface area contributed by atoms with Crippen LogP contribution in [0.2, 0.25) is 5.02 Å². The first-order valence-electron chi connectivity index (χ1n) is 6.05. The van der Waals surface area contributed by atoms with Gasteiger partial charge in [0.15, 0.2) is 0 Å². The molecule has 0 aromatic heterocycles. The van der Waals surface area contributed by atoms with E-state index in [0.29, 0.717) is 22.5 Å². The minimum atomic E-state index is -0.155. The maximum Gasteiger partial charge on any atom is 0.237 e. The molecule has 1 aliphatic heterocycles. The number of hydrazone groups is 1. The van der Waals surface area contributed by atoms with Crippen LogP contribution in [0, 0.1) is 0 Å². The first-order chi connectivity index (χ1) is 9.56. The number of nitrogens with one attached hydrogen (secondary N) is 1. The maximum atomic E-state index is 6.05. The summed E-state index contributed by atoms with van der Waals surface area (Å²) in [5, 5.41) is 6.44. The van der Waals surface area contributed by atoms with Crippen LogP contribution in [0.25, 0.3) is 0 Å². The fourth-order valence-electron chi connectivity index (χ4n) is 1.85. The number of ether oxygens (including phenoxy) is 2. The highest BCUT2D eigenvalue weighted by molar-refractivity contribution is 6.33. The average Bonchev–Trinajstić information content (AvgIpc) is 2.48. The highest BCUT2D eigenvalue weighted by Crippen LogP contribution is 2.30. The van der Waals surface area contributed by atoms with E-state index in [4.69, 9.17) is 26.8 Å². The Bertz CT molecular complexity index is 559. The monoisotopic (exact) mass is 296 g/mol. The summed E-state index contributed by atoms with van der Waals surface area (Å²) in [6.45, 7) is 1.95. The molecule has 0 saturated carbocycles. The molecule has 0 aliphatic carbocycles. The third kappa shape index (κ3) is 2.75. The summed E-state index contributed by atoms with van der Waals surface area (Å²) in [7, 11) is 3.11. The van der Waals surface area contributed by atoms with E-state index in [-0.39, 0.29) is 6.04 Å². The molecule has 3 N–H and O–H groups in total. The second-order valence-corrected chi connectivity index (χ2v) is 4.64. The number of anilines is 1. The lowest BCUT2D eigenvalue weighted by Crippen LogP contribution is -2.39. The lowest BCUT2D eigenvalue weighted by atomic mass is 10.1. The quantitative estimate of drug-likeness (QED) is 0.837. The van der Waals surface area contributed by atoms with Crippen molar-refractivity contribution in [3.63, 3.8) is 0 Å². The van der Waals surface area contributed by atoms with Crippen molar-refractivity contribution in [3.05, 3.63) is 40.7 Å². The second kappa shape index (κ2) is 5.92. The largest absolute Gasteiger partial charge is 0.481 e. The van der Waals surface area contributed by atoms with E-state index in [1.165, 1.54) is 0 Å². The highest BCUT2D eigenvalue weighted by atomic mass is 35.5. The van der Waals surface area contributed by atoms with Crippen LogP contribution in [0.3, 0.4) is 0 Å². The Kier molecular flexibility index (Phi) is 4.24. The minimum Gasteiger partial charge on any atom is -0.481 e. The fourth-order valence-corrected chi connectivity index (χ4v) is 2.04. The SMILES string of the molecule is COC1=CC(OC)=NN(C(C)c2cccc(Cl)c2N)N1. The Morgan fingerprint density at radius 2 is 2.10 bits per heavy atom. The molecule has 1 unspecified atom stereocenters. The fraction of sp³-hybridized carbons (Fsp3) is 0.308. The van der Waals surface area contributed by atoms with Crippen LogP contribution >= 0.6 is 11.6 Å². The van der Waals surface area contributed by atoms with E-state index in [1.54, 1.807) is 31.5 Å². The van der Waals surface area contributed by atoms with E-state index in [2.05, 4.69) is 10.5 Å². The van der Waals surface area contributed by atoms with Crippen LogP contribution in [0.1, 0.15) is 18.5 Å². The Hall–Kier alpha value is -2.08. The van der Waals surface area contributed by atoms with Gasteiger partial charge in [0.25, 0.3) is 0 Å². The summed E-state index contributed by atoms with van der Waals surface area (Å²) in [5.41, 5.74) is 10.4. The van der Waals surface area contributed by atoms with Gasteiger partial charge in [-0.2, -0.15) is 5.12 Å². The van der Waals surface area contributed by atoms with E-state index in [9.17, 15) is 0 Å².